The molecule has 0 amide bonds. The lowest BCUT2D eigenvalue weighted by atomic mass is 9.97. The summed E-state index contributed by atoms with van der Waals surface area (Å²) in [6.45, 7) is 0. The van der Waals surface area contributed by atoms with E-state index in [0.717, 1.165) is 0 Å². The van der Waals surface area contributed by atoms with Crippen LogP contribution in [0.4, 0.5) is 0 Å². The van der Waals surface area contributed by atoms with Crippen molar-refractivity contribution in [1.82, 2.24) is 4.57 Å². The Hall–Kier alpha value is -4.92. The first-order valence-corrected chi connectivity index (χ1v) is 14.6. The zero-order chi connectivity index (χ0) is 25.9. The average molecular weight is 524 g/mol. The van der Waals surface area contributed by atoms with Gasteiger partial charge in [0.05, 0.1) is 11.0 Å². The van der Waals surface area contributed by atoms with Crippen LogP contribution in [0.1, 0.15) is 0 Å². The van der Waals surface area contributed by atoms with E-state index in [0.29, 0.717) is 0 Å². The molecule has 1 aliphatic carbocycles. The van der Waals surface area contributed by atoms with Crippen LogP contribution in [0.5, 0.6) is 0 Å². The fourth-order valence-corrected chi connectivity index (χ4v) is 8.33. The summed E-state index contributed by atoms with van der Waals surface area (Å²) in [6, 6.07) is 47.4. The van der Waals surface area contributed by atoms with Crippen LogP contribution in [-0.2, 0) is 0 Å². The molecule has 0 unspecified atom stereocenters. The maximum atomic E-state index is 2.50. The van der Waals surface area contributed by atoms with Crippen molar-refractivity contribution in [3.8, 4) is 27.9 Å². The highest BCUT2D eigenvalue weighted by Crippen LogP contribution is 2.51. The molecule has 7 aromatic carbocycles. The summed E-state index contributed by atoms with van der Waals surface area (Å²) in [5.41, 5.74) is 9.09. The highest BCUT2D eigenvalue weighted by molar-refractivity contribution is 7.25. The first-order valence-electron chi connectivity index (χ1n) is 13.8. The molecule has 40 heavy (non-hydrogen) atoms. The lowest BCUT2D eigenvalue weighted by Gasteiger charge is -2.10. The minimum atomic E-state index is 1.21. The van der Waals surface area contributed by atoms with Crippen molar-refractivity contribution in [3.63, 3.8) is 0 Å². The maximum absolute atomic E-state index is 2.50. The van der Waals surface area contributed by atoms with Crippen molar-refractivity contribution in [1.29, 1.82) is 0 Å². The van der Waals surface area contributed by atoms with Gasteiger partial charge in [0.1, 0.15) is 0 Å². The van der Waals surface area contributed by atoms with Crippen molar-refractivity contribution >= 4 is 74.9 Å². The lowest BCUT2D eigenvalue weighted by molar-refractivity contribution is 1.19. The molecule has 0 spiro atoms. The predicted molar refractivity (Wildman–Crippen MR) is 173 cm³/mol. The van der Waals surface area contributed by atoms with Crippen LogP contribution in [0.25, 0.3) is 91.5 Å². The van der Waals surface area contributed by atoms with E-state index in [2.05, 4.69) is 132 Å². The number of fused-ring (bicyclic) bond motifs is 11. The van der Waals surface area contributed by atoms with Crippen molar-refractivity contribution in [2.45, 2.75) is 0 Å². The summed E-state index contributed by atoms with van der Waals surface area (Å²) in [4.78, 5) is 0. The third-order valence-corrected chi connectivity index (χ3v) is 10.0. The van der Waals surface area contributed by atoms with E-state index in [-0.39, 0.29) is 0 Å². The molecular formula is C38H21NS. The topological polar surface area (TPSA) is 4.93 Å². The van der Waals surface area contributed by atoms with Crippen molar-refractivity contribution < 1.29 is 0 Å². The molecular weight excluding hydrogens is 502 g/mol. The van der Waals surface area contributed by atoms with Gasteiger partial charge in [-0.1, -0.05) is 91.0 Å². The van der Waals surface area contributed by atoms with Gasteiger partial charge in [-0.15, -0.1) is 11.3 Å². The predicted octanol–water partition coefficient (Wildman–Crippen LogP) is 11.1. The van der Waals surface area contributed by atoms with Crippen LogP contribution < -0.4 is 0 Å². The lowest BCUT2D eigenvalue weighted by Crippen LogP contribution is -1.94. The Morgan fingerprint density at radius 3 is 2.00 bits per heavy atom. The number of benzene rings is 7. The Balaban J connectivity index is 1.41. The molecule has 184 valence electrons. The Morgan fingerprint density at radius 1 is 0.400 bits per heavy atom. The average Bonchev–Trinajstić information content (AvgIpc) is 3.64. The van der Waals surface area contributed by atoms with Gasteiger partial charge in [-0.05, 0) is 80.2 Å². The molecule has 2 aromatic heterocycles. The number of hydrogen-bond acceptors (Lipinski definition) is 1. The van der Waals surface area contributed by atoms with Gasteiger partial charge in [-0.3, -0.25) is 0 Å². The largest absolute Gasteiger partial charge is 0.309 e. The molecule has 10 rings (SSSR count). The molecule has 2 heterocycles. The van der Waals surface area contributed by atoms with Crippen LogP contribution in [0, 0.1) is 0 Å². The fourth-order valence-electron chi connectivity index (χ4n) is 7.19. The minimum absolute atomic E-state index is 1.21. The van der Waals surface area contributed by atoms with Crippen molar-refractivity contribution in [2.24, 2.45) is 0 Å². The summed E-state index contributed by atoms with van der Waals surface area (Å²) >= 11 is 1.88. The summed E-state index contributed by atoms with van der Waals surface area (Å²) in [5, 5.41) is 10.6. The Morgan fingerprint density at radius 2 is 1.10 bits per heavy atom. The smallest absolute Gasteiger partial charge is 0.0553 e. The first-order chi connectivity index (χ1) is 19.8. The molecule has 2 heteroatoms. The zero-order valence-corrected chi connectivity index (χ0v) is 22.3. The van der Waals surface area contributed by atoms with Gasteiger partial charge in [0.2, 0.25) is 0 Å². The molecule has 0 saturated carbocycles. The molecule has 0 atom stereocenters. The van der Waals surface area contributed by atoms with Gasteiger partial charge in [0.25, 0.3) is 0 Å². The van der Waals surface area contributed by atoms with E-state index in [1.54, 1.807) is 0 Å². The van der Waals surface area contributed by atoms with Crippen molar-refractivity contribution in [2.75, 3.05) is 0 Å². The normalized spacial score (nSPS) is 12.5. The standard InChI is InChI=1S/C38H21NS/c1-2-9-23-19-33-32(18-22(23)8-1)38-30-14-7-13-29-25-10-3-4-11-26(25)31(37(29)30)21-34(38)39(33)24-16-17-28-27-12-5-6-15-35(27)40-36(28)20-24/h1-21H. The van der Waals surface area contributed by atoms with E-state index in [9.17, 15) is 0 Å². The fraction of sp³-hybridized carbons (Fsp3) is 0. The van der Waals surface area contributed by atoms with E-state index < -0.39 is 0 Å². The molecule has 0 bridgehead atoms. The summed E-state index contributed by atoms with van der Waals surface area (Å²) in [7, 11) is 0. The summed E-state index contributed by atoms with van der Waals surface area (Å²) in [5.74, 6) is 0. The van der Waals surface area contributed by atoms with Gasteiger partial charge in [0.15, 0.2) is 0 Å². The van der Waals surface area contributed by atoms with Crippen LogP contribution in [0.15, 0.2) is 127 Å². The van der Waals surface area contributed by atoms with Gasteiger partial charge in [-0.2, -0.15) is 0 Å². The Bertz CT molecular complexity index is 2540. The number of thiophene rings is 1. The highest BCUT2D eigenvalue weighted by Gasteiger charge is 2.25. The molecule has 1 aliphatic rings. The molecule has 1 nitrogen and oxygen atoms in total. The molecule has 9 aromatic rings. The minimum Gasteiger partial charge on any atom is -0.309 e. The second kappa shape index (κ2) is 7.38. The maximum Gasteiger partial charge on any atom is 0.0553 e. The second-order valence-electron chi connectivity index (χ2n) is 10.9. The van der Waals surface area contributed by atoms with Crippen LogP contribution >= 0.6 is 11.3 Å². The monoisotopic (exact) mass is 523 g/mol. The third-order valence-electron chi connectivity index (χ3n) is 8.88. The van der Waals surface area contributed by atoms with E-state index in [4.69, 9.17) is 0 Å². The summed E-state index contributed by atoms with van der Waals surface area (Å²) < 4.78 is 5.17. The molecule has 0 aliphatic heterocycles. The molecule has 0 radical (unpaired) electrons. The highest BCUT2D eigenvalue weighted by atomic mass is 32.1. The number of rotatable bonds is 1. The molecule has 0 N–H and O–H groups in total. The van der Waals surface area contributed by atoms with Crippen LogP contribution in [-0.4, -0.2) is 4.57 Å². The van der Waals surface area contributed by atoms with Crippen LogP contribution in [0.2, 0.25) is 0 Å². The van der Waals surface area contributed by atoms with Crippen LogP contribution in [0.3, 0.4) is 0 Å². The second-order valence-corrected chi connectivity index (χ2v) is 12.0. The number of hydrogen-bond donors (Lipinski definition) is 0. The third kappa shape index (κ3) is 2.57. The Kier molecular flexibility index (Phi) is 3.87. The number of aromatic nitrogens is 1. The zero-order valence-electron chi connectivity index (χ0n) is 21.5. The van der Waals surface area contributed by atoms with E-state index in [1.165, 1.54) is 91.5 Å². The first kappa shape index (κ1) is 21.0. The van der Waals surface area contributed by atoms with Gasteiger partial charge in [0, 0.05) is 36.6 Å². The Labute approximate surface area is 234 Å². The van der Waals surface area contributed by atoms with Gasteiger partial charge < -0.3 is 4.57 Å². The van der Waals surface area contributed by atoms with E-state index >= 15 is 0 Å². The number of nitrogens with zero attached hydrogens (tertiary/aromatic N) is 1. The summed E-state index contributed by atoms with van der Waals surface area (Å²) in [6.07, 6.45) is 0. The van der Waals surface area contributed by atoms with E-state index in [1.807, 2.05) is 11.3 Å². The quantitative estimate of drug-likeness (QED) is 0.202. The van der Waals surface area contributed by atoms with Crippen molar-refractivity contribution in [3.05, 3.63) is 127 Å². The molecule has 0 fully saturated rings. The van der Waals surface area contributed by atoms with Gasteiger partial charge in [-0.25, -0.2) is 0 Å². The molecule has 0 saturated heterocycles. The van der Waals surface area contributed by atoms with Gasteiger partial charge >= 0.3 is 0 Å². The SMILES string of the molecule is c1ccc2c(c1)-c1cccc3c1c-2cc1c3c2cc3ccccc3cc2n1-c1ccc2c(c1)sc1ccccc12.